The van der Waals surface area contributed by atoms with E-state index in [0.29, 0.717) is 0 Å². The van der Waals surface area contributed by atoms with E-state index in [1.807, 2.05) is 0 Å². The molecule has 2 atom stereocenters. The molecule has 0 aromatic heterocycles. The van der Waals surface area contributed by atoms with Crippen LogP contribution >= 0.6 is 0 Å². The zero-order valence-corrected chi connectivity index (χ0v) is 7.52. The Hall–Kier alpha value is -0.380. The molecule has 1 heterocycles. The maximum Gasteiger partial charge on any atom is 0.151 e. The molecule has 4 heteroatoms. The summed E-state index contributed by atoms with van der Waals surface area (Å²) in [5.41, 5.74) is 0. The molecule has 1 fully saturated rings. The molecule has 0 spiro atoms. The van der Waals surface area contributed by atoms with Crippen molar-refractivity contribution in [1.29, 1.82) is 0 Å². The average Bonchev–Trinajstić information content (AvgIpc) is 1.81. The van der Waals surface area contributed by atoms with E-state index in [1.54, 1.807) is 13.8 Å². The molecule has 1 rings (SSSR count). The molecular formula is C7H12O3S. The summed E-state index contributed by atoms with van der Waals surface area (Å²) in [6, 6.07) is 0. The van der Waals surface area contributed by atoms with Crippen LogP contribution in [0.3, 0.4) is 0 Å². The Bertz CT molecular complexity index is 245. The SMILES string of the molecule is C[C@H]1CS(=O)(=O)C[C@H](C)C1=O. The fraction of sp³-hybridized carbons (Fsp3) is 0.857. The predicted molar refractivity (Wildman–Crippen MR) is 42.0 cm³/mol. The second kappa shape index (κ2) is 2.59. The zero-order valence-electron chi connectivity index (χ0n) is 6.70. The molecule has 0 aliphatic carbocycles. The van der Waals surface area contributed by atoms with Gasteiger partial charge in [0.05, 0.1) is 11.5 Å². The topological polar surface area (TPSA) is 51.2 Å². The Morgan fingerprint density at radius 3 is 1.91 bits per heavy atom. The molecule has 1 aliphatic rings. The third-order valence-corrected chi connectivity index (χ3v) is 4.00. The van der Waals surface area contributed by atoms with E-state index < -0.39 is 9.84 Å². The van der Waals surface area contributed by atoms with Crippen LogP contribution in [0, 0.1) is 11.8 Å². The summed E-state index contributed by atoms with van der Waals surface area (Å²) in [4.78, 5) is 11.1. The summed E-state index contributed by atoms with van der Waals surface area (Å²) >= 11 is 0. The summed E-state index contributed by atoms with van der Waals surface area (Å²) in [5, 5.41) is 0. The maximum absolute atomic E-state index is 11.1. The van der Waals surface area contributed by atoms with Crippen LogP contribution in [0.4, 0.5) is 0 Å². The third-order valence-electron chi connectivity index (χ3n) is 1.98. The molecule has 1 saturated heterocycles. The van der Waals surface area contributed by atoms with Gasteiger partial charge in [-0.2, -0.15) is 0 Å². The first-order valence-electron chi connectivity index (χ1n) is 3.66. The standard InChI is InChI=1S/C7H12O3S/c1-5-3-11(9,10)4-6(2)7(5)8/h5-6H,3-4H2,1-2H3/t5-,6-/m0/s1. The molecule has 0 amide bonds. The van der Waals surface area contributed by atoms with Crippen molar-refractivity contribution in [2.24, 2.45) is 11.8 Å². The van der Waals surface area contributed by atoms with Gasteiger partial charge in [0.1, 0.15) is 5.78 Å². The number of sulfone groups is 1. The summed E-state index contributed by atoms with van der Waals surface area (Å²) in [6.07, 6.45) is 0. The van der Waals surface area contributed by atoms with Crippen molar-refractivity contribution in [1.82, 2.24) is 0 Å². The largest absolute Gasteiger partial charge is 0.299 e. The Labute approximate surface area is 66.7 Å². The molecule has 0 N–H and O–H groups in total. The first-order valence-corrected chi connectivity index (χ1v) is 5.48. The minimum absolute atomic E-state index is 0.0379. The molecule has 1 aliphatic heterocycles. The molecule has 0 unspecified atom stereocenters. The lowest BCUT2D eigenvalue weighted by atomic mass is 9.98. The van der Waals surface area contributed by atoms with Crippen LogP contribution in [0.5, 0.6) is 0 Å². The van der Waals surface area contributed by atoms with Gasteiger partial charge in [-0.15, -0.1) is 0 Å². The van der Waals surface area contributed by atoms with E-state index in [9.17, 15) is 13.2 Å². The quantitative estimate of drug-likeness (QED) is 0.532. The Balaban J connectivity index is 2.87. The van der Waals surface area contributed by atoms with Crippen LogP contribution in [0.1, 0.15) is 13.8 Å². The molecule has 0 aromatic carbocycles. The minimum Gasteiger partial charge on any atom is -0.299 e. The Morgan fingerprint density at radius 1 is 1.18 bits per heavy atom. The van der Waals surface area contributed by atoms with Gasteiger partial charge in [-0.05, 0) is 0 Å². The van der Waals surface area contributed by atoms with Crippen LogP contribution in [0.15, 0.2) is 0 Å². The van der Waals surface area contributed by atoms with Gasteiger partial charge in [0, 0.05) is 11.8 Å². The lowest BCUT2D eigenvalue weighted by Gasteiger charge is -2.22. The zero-order chi connectivity index (χ0) is 8.65. The van der Waals surface area contributed by atoms with E-state index in [0.717, 1.165) is 0 Å². The highest BCUT2D eigenvalue weighted by molar-refractivity contribution is 7.91. The average molecular weight is 176 g/mol. The van der Waals surface area contributed by atoms with E-state index >= 15 is 0 Å². The van der Waals surface area contributed by atoms with Crippen molar-refractivity contribution < 1.29 is 13.2 Å². The van der Waals surface area contributed by atoms with Gasteiger partial charge >= 0.3 is 0 Å². The predicted octanol–water partition coefficient (Wildman–Crippen LogP) is 0.256. The minimum atomic E-state index is -2.93. The number of hydrogen-bond donors (Lipinski definition) is 0. The number of Topliss-reactive ketones (excluding diaryl/α,β-unsaturated/α-hetero) is 1. The van der Waals surface area contributed by atoms with E-state index in [-0.39, 0.29) is 29.1 Å². The summed E-state index contributed by atoms with van der Waals surface area (Å²) < 4.78 is 22.1. The summed E-state index contributed by atoms with van der Waals surface area (Å²) in [7, 11) is -2.93. The molecule has 0 aromatic rings. The number of hydrogen-bond acceptors (Lipinski definition) is 3. The van der Waals surface area contributed by atoms with Crippen LogP contribution in [-0.2, 0) is 14.6 Å². The summed E-state index contributed by atoms with van der Waals surface area (Å²) in [6.45, 7) is 3.35. The van der Waals surface area contributed by atoms with Gasteiger partial charge in [-0.3, -0.25) is 4.79 Å². The lowest BCUT2D eigenvalue weighted by Crippen LogP contribution is -2.37. The van der Waals surface area contributed by atoms with Crippen LogP contribution in [-0.4, -0.2) is 25.7 Å². The van der Waals surface area contributed by atoms with Gasteiger partial charge in [-0.25, -0.2) is 8.42 Å². The normalized spacial score (nSPS) is 37.1. The molecule has 0 bridgehead atoms. The van der Waals surface area contributed by atoms with Crippen molar-refractivity contribution in [3.05, 3.63) is 0 Å². The first-order chi connectivity index (χ1) is 4.92. The van der Waals surface area contributed by atoms with Gasteiger partial charge in [-0.1, -0.05) is 13.8 Å². The van der Waals surface area contributed by atoms with Crippen molar-refractivity contribution in [2.45, 2.75) is 13.8 Å². The third kappa shape index (κ3) is 1.80. The summed E-state index contributed by atoms with van der Waals surface area (Å²) in [5.74, 6) is -0.445. The van der Waals surface area contributed by atoms with Crippen molar-refractivity contribution in [3.8, 4) is 0 Å². The van der Waals surface area contributed by atoms with Crippen LogP contribution in [0.25, 0.3) is 0 Å². The van der Waals surface area contributed by atoms with Gasteiger partial charge < -0.3 is 0 Å². The van der Waals surface area contributed by atoms with Gasteiger partial charge in [0.15, 0.2) is 9.84 Å². The lowest BCUT2D eigenvalue weighted by molar-refractivity contribution is -0.124. The highest BCUT2D eigenvalue weighted by Crippen LogP contribution is 2.18. The first kappa shape index (κ1) is 8.71. The van der Waals surface area contributed by atoms with Gasteiger partial charge in [0.2, 0.25) is 0 Å². The second-order valence-corrected chi connectivity index (χ2v) is 5.44. The molecular weight excluding hydrogens is 164 g/mol. The molecule has 3 nitrogen and oxygen atoms in total. The number of ketones is 1. The fourth-order valence-corrected chi connectivity index (χ4v) is 3.47. The maximum atomic E-state index is 11.1. The smallest absolute Gasteiger partial charge is 0.151 e. The number of rotatable bonds is 0. The number of carbonyl (C=O) groups is 1. The van der Waals surface area contributed by atoms with Crippen molar-refractivity contribution in [2.75, 3.05) is 11.5 Å². The highest BCUT2D eigenvalue weighted by Gasteiger charge is 2.33. The van der Waals surface area contributed by atoms with E-state index in [1.165, 1.54) is 0 Å². The molecule has 0 saturated carbocycles. The van der Waals surface area contributed by atoms with Crippen LogP contribution in [0.2, 0.25) is 0 Å². The Kier molecular flexibility index (Phi) is 2.05. The Morgan fingerprint density at radius 2 is 1.55 bits per heavy atom. The van der Waals surface area contributed by atoms with Gasteiger partial charge in [0.25, 0.3) is 0 Å². The van der Waals surface area contributed by atoms with E-state index in [2.05, 4.69) is 0 Å². The molecule has 11 heavy (non-hydrogen) atoms. The number of carbonyl (C=O) groups excluding carboxylic acids is 1. The monoisotopic (exact) mass is 176 g/mol. The fourth-order valence-electron chi connectivity index (χ4n) is 1.48. The second-order valence-electron chi connectivity index (χ2n) is 3.28. The molecule has 0 radical (unpaired) electrons. The molecule has 64 valence electrons. The van der Waals surface area contributed by atoms with Crippen LogP contribution < -0.4 is 0 Å². The van der Waals surface area contributed by atoms with E-state index in [4.69, 9.17) is 0 Å². The van der Waals surface area contributed by atoms with Crippen molar-refractivity contribution >= 4 is 15.6 Å². The highest BCUT2D eigenvalue weighted by atomic mass is 32.2. The van der Waals surface area contributed by atoms with Crippen molar-refractivity contribution in [3.63, 3.8) is 0 Å².